The van der Waals surface area contributed by atoms with Crippen molar-refractivity contribution < 1.29 is 23.6 Å². The Morgan fingerprint density at radius 1 is 1.17 bits per heavy atom. The molecule has 1 spiro atoms. The van der Waals surface area contributed by atoms with Gasteiger partial charge in [-0.25, -0.2) is 4.39 Å². The zero-order valence-electron chi connectivity index (χ0n) is 25.3. The molecule has 226 valence electrons. The largest absolute Gasteiger partial charge is 0.342 e. The summed E-state index contributed by atoms with van der Waals surface area (Å²) in [5, 5.41) is 14.2. The molecule has 2 aliphatic carbocycles. The first-order valence-corrected chi connectivity index (χ1v) is 14.4. The molecule has 4 amide bonds. The molecule has 1 saturated heterocycles. The number of likely N-dealkylation sites (N-methyl/N-ethyl adjacent to an activating group) is 1. The molecule has 0 aromatic heterocycles. The fourth-order valence-corrected chi connectivity index (χ4v) is 5.46. The minimum atomic E-state index is -1.88. The summed E-state index contributed by atoms with van der Waals surface area (Å²) in [5.41, 5.74) is -1.05. The van der Waals surface area contributed by atoms with Crippen LogP contribution in [0.1, 0.15) is 73.1 Å². The predicted molar refractivity (Wildman–Crippen MR) is 156 cm³/mol. The van der Waals surface area contributed by atoms with Gasteiger partial charge in [-0.1, -0.05) is 52.3 Å². The van der Waals surface area contributed by atoms with Gasteiger partial charge in [-0.15, -0.1) is 0 Å². The number of rotatable bonds is 7. The van der Waals surface area contributed by atoms with E-state index in [9.17, 15) is 28.8 Å². The molecule has 3 atom stereocenters. The molecule has 2 saturated carbocycles. The fraction of sp³-hybridized carbons (Fsp3) is 0.645. The number of likely N-dealkylation sites (tertiary alicyclic amines) is 1. The van der Waals surface area contributed by atoms with Crippen LogP contribution in [0.3, 0.4) is 0 Å². The highest BCUT2D eigenvalue weighted by Crippen LogP contribution is 2.61. The Morgan fingerprint density at radius 3 is 2.24 bits per heavy atom. The predicted octanol–water partition coefficient (Wildman–Crippen LogP) is 4.30. The van der Waals surface area contributed by atoms with Gasteiger partial charge in [0, 0.05) is 19.3 Å². The van der Waals surface area contributed by atoms with Crippen LogP contribution in [-0.4, -0.2) is 71.8 Å². The lowest BCUT2D eigenvalue weighted by atomic mass is 9.50. The number of para-hydroxylation sites is 1. The molecule has 3 aliphatic rings. The Morgan fingerprint density at radius 2 is 1.76 bits per heavy atom. The van der Waals surface area contributed by atoms with Gasteiger partial charge in [-0.3, -0.25) is 19.2 Å². The smallest absolute Gasteiger partial charge is 0.258 e. The highest BCUT2D eigenvalue weighted by Gasteiger charge is 2.61. The van der Waals surface area contributed by atoms with Crippen molar-refractivity contribution in [2.24, 2.45) is 17.3 Å². The monoisotopic (exact) mass is 571 g/mol. The summed E-state index contributed by atoms with van der Waals surface area (Å²) >= 11 is 0. The number of hydrogen-bond donors (Lipinski definition) is 2. The maximum Gasteiger partial charge on any atom is 0.258 e. The average Bonchev–Trinajstić information content (AvgIpc) is 3.26. The number of anilines is 1. The van der Waals surface area contributed by atoms with E-state index in [0.29, 0.717) is 19.4 Å². The topological polar surface area (TPSA) is 123 Å². The Labute approximate surface area is 243 Å². The Bertz CT molecular complexity index is 1070. The minimum Gasteiger partial charge on any atom is -0.342 e. The van der Waals surface area contributed by atoms with Crippen LogP contribution >= 0.6 is 0 Å². The van der Waals surface area contributed by atoms with E-state index in [1.165, 1.54) is 23.8 Å². The molecule has 41 heavy (non-hydrogen) atoms. The molecule has 3 unspecified atom stereocenters. The maximum atomic E-state index is 14.7. The number of benzene rings is 1. The van der Waals surface area contributed by atoms with Crippen LogP contribution in [0.4, 0.5) is 10.1 Å². The molecule has 10 heteroatoms. The number of halogens is 1. The van der Waals surface area contributed by atoms with Crippen molar-refractivity contribution in [1.29, 1.82) is 5.26 Å². The van der Waals surface area contributed by atoms with Gasteiger partial charge in [0.1, 0.15) is 12.1 Å². The number of nitriles is 1. The second kappa shape index (κ2) is 14.9. The van der Waals surface area contributed by atoms with Crippen LogP contribution in [0, 0.1) is 28.6 Å². The quantitative estimate of drug-likeness (QED) is 0.473. The van der Waals surface area contributed by atoms with Gasteiger partial charge in [0.2, 0.25) is 18.2 Å². The summed E-state index contributed by atoms with van der Waals surface area (Å²) in [6.07, 6.45) is 4.82. The second-order valence-electron chi connectivity index (χ2n) is 12.5. The molecule has 9 nitrogen and oxygen atoms in total. The molecule has 1 heterocycles. The van der Waals surface area contributed by atoms with Crippen molar-refractivity contribution in [3.63, 3.8) is 0 Å². The summed E-state index contributed by atoms with van der Waals surface area (Å²) in [5.74, 6) is -0.402. The molecular weight excluding hydrogens is 525 g/mol. The van der Waals surface area contributed by atoms with Gasteiger partial charge in [0.15, 0.2) is 5.67 Å². The molecule has 1 aromatic carbocycles. The molecule has 3 fully saturated rings. The van der Waals surface area contributed by atoms with Crippen LogP contribution in [0.2, 0.25) is 0 Å². The number of hydrogen-bond acceptors (Lipinski definition) is 5. The summed E-state index contributed by atoms with van der Waals surface area (Å²) in [6.45, 7) is 10.3. The summed E-state index contributed by atoms with van der Waals surface area (Å²) in [7, 11) is 1.47. The van der Waals surface area contributed by atoms with E-state index in [4.69, 9.17) is 0 Å². The van der Waals surface area contributed by atoms with Gasteiger partial charge < -0.3 is 20.4 Å². The van der Waals surface area contributed by atoms with E-state index < -0.39 is 29.6 Å². The van der Waals surface area contributed by atoms with Crippen molar-refractivity contribution in [2.75, 3.05) is 25.5 Å². The third-order valence-corrected chi connectivity index (χ3v) is 7.58. The summed E-state index contributed by atoms with van der Waals surface area (Å²) < 4.78 is 14.7. The van der Waals surface area contributed by atoms with E-state index in [1.54, 1.807) is 0 Å². The van der Waals surface area contributed by atoms with E-state index >= 15 is 0 Å². The van der Waals surface area contributed by atoms with Gasteiger partial charge >= 0.3 is 0 Å². The third kappa shape index (κ3) is 9.55. The van der Waals surface area contributed by atoms with Gasteiger partial charge in [-0.2, -0.15) is 5.26 Å². The number of amides is 4. The van der Waals surface area contributed by atoms with Crippen molar-refractivity contribution in [3.05, 3.63) is 30.3 Å². The normalized spacial score (nSPS) is 21.8. The SMILES string of the molecule is CC(C)C.CC1CC(C#N)N(C(=O)CN(C)C(=O)C(C)NC(=O)C2(F)CC3(CCC3)C2)C1.O=CNc1ccccc1. The van der Waals surface area contributed by atoms with Crippen LogP contribution in [0.5, 0.6) is 0 Å². The zero-order valence-corrected chi connectivity index (χ0v) is 25.3. The van der Waals surface area contributed by atoms with E-state index in [2.05, 4.69) is 37.5 Å². The van der Waals surface area contributed by atoms with E-state index in [-0.39, 0.29) is 36.6 Å². The number of carbonyl (C=O) groups is 4. The summed E-state index contributed by atoms with van der Waals surface area (Å²) in [4.78, 5) is 49.9. The minimum absolute atomic E-state index is 0.00664. The maximum absolute atomic E-state index is 14.7. The van der Waals surface area contributed by atoms with Crippen LogP contribution in [-0.2, 0) is 19.2 Å². The molecule has 1 aliphatic heterocycles. The Kier molecular flexibility index (Phi) is 12.3. The van der Waals surface area contributed by atoms with Gasteiger partial charge in [-0.05, 0) is 68.4 Å². The van der Waals surface area contributed by atoms with Crippen molar-refractivity contribution in [1.82, 2.24) is 15.1 Å². The lowest BCUT2D eigenvalue weighted by Crippen LogP contribution is -2.62. The molecule has 0 radical (unpaired) electrons. The number of nitrogens with one attached hydrogen (secondary N) is 2. The van der Waals surface area contributed by atoms with Crippen molar-refractivity contribution in [3.8, 4) is 6.07 Å². The number of alkyl halides is 1. The Balaban J connectivity index is 0.000000374. The number of nitrogens with zero attached hydrogens (tertiary/aromatic N) is 3. The highest BCUT2D eigenvalue weighted by atomic mass is 19.1. The van der Waals surface area contributed by atoms with E-state index in [0.717, 1.165) is 30.9 Å². The van der Waals surface area contributed by atoms with Crippen LogP contribution in [0.15, 0.2) is 30.3 Å². The highest BCUT2D eigenvalue weighted by molar-refractivity contribution is 5.93. The average molecular weight is 572 g/mol. The Hall–Kier alpha value is -3.48. The van der Waals surface area contributed by atoms with E-state index in [1.807, 2.05) is 37.3 Å². The fourth-order valence-electron chi connectivity index (χ4n) is 5.46. The van der Waals surface area contributed by atoms with Crippen LogP contribution in [0.25, 0.3) is 0 Å². The molecule has 4 rings (SSSR count). The standard InChI is InChI=1S/C20H29FN4O3.C7H7NO.C4H10/c1-13-7-15(8-22)25(9-13)16(26)10-24(3)17(27)14(2)23-18(28)20(21)11-19(12-20)5-4-6-19;9-6-8-7-4-2-1-3-5-7;1-4(2)3/h13-15H,4-7,9-12H2,1-3H3,(H,23,28);1-6H,(H,8,9);4H,1-3H3. The summed E-state index contributed by atoms with van der Waals surface area (Å²) in [6, 6.07) is 10.0. The molecule has 0 bridgehead atoms. The second-order valence-corrected chi connectivity index (χ2v) is 12.5. The molecular formula is C31H46FN5O4. The number of carbonyl (C=O) groups excluding carboxylic acids is 4. The lowest BCUT2D eigenvalue weighted by molar-refractivity contribution is -0.163. The first-order valence-electron chi connectivity index (χ1n) is 14.4. The third-order valence-electron chi connectivity index (χ3n) is 7.58. The van der Waals surface area contributed by atoms with Gasteiger partial charge in [0.25, 0.3) is 5.91 Å². The van der Waals surface area contributed by atoms with Gasteiger partial charge in [0.05, 0.1) is 12.6 Å². The zero-order chi connectivity index (χ0) is 30.8. The first-order chi connectivity index (χ1) is 19.3. The molecule has 2 N–H and O–H groups in total. The van der Waals surface area contributed by atoms with Crippen molar-refractivity contribution in [2.45, 2.75) is 90.9 Å². The van der Waals surface area contributed by atoms with Crippen molar-refractivity contribution >= 4 is 29.8 Å². The first kappa shape index (κ1) is 33.7. The van der Waals surface area contributed by atoms with Crippen LogP contribution < -0.4 is 10.6 Å². The lowest BCUT2D eigenvalue weighted by Gasteiger charge is -2.56. The molecule has 1 aromatic rings.